The van der Waals surface area contributed by atoms with Gasteiger partial charge < -0.3 is 10.1 Å². The normalized spacial score (nSPS) is 12.3. The lowest BCUT2D eigenvalue weighted by atomic mass is 10.1. The van der Waals surface area contributed by atoms with E-state index in [0.717, 1.165) is 0 Å². The molecule has 0 aliphatic heterocycles. The van der Waals surface area contributed by atoms with Gasteiger partial charge in [0.15, 0.2) is 0 Å². The first-order valence-corrected chi connectivity index (χ1v) is 3.90. The highest BCUT2D eigenvalue weighted by molar-refractivity contribution is 5.73. The second-order valence-electron chi connectivity index (χ2n) is 2.98. The second kappa shape index (κ2) is 5.57. The zero-order chi connectivity index (χ0) is 9.56. The Hall–Kier alpha value is -1.06. The first-order valence-electron chi connectivity index (χ1n) is 3.90. The summed E-state index contributed by atoms with van der Waals surface area (Å²) in [7, 11) is 0. The Morgan fingerprint density at radius 3 is 2.50 bits per heavy atom. The highest BCUT2D eigenvalue weighted by Crippen LogP contribution is 2.01. The Labute approximate surface area is 72.3 Å². The van der Waals surface area contributed by atoms with Gasteiger partial charge in [-0.1, -0.05) is 13.8 Å². The molecule has 0 fully saturated rings. The number of ether oxygens (including phenoxy) is 1. The van der Waals surface area contributed by atoms with Gasteiger partial charge in [-0.15, -0.1) is 0 Å². The SMILES string of the molecule is CC(=O)NC(COC=O)C(C)C. The van der Waals surface area contributed by atoms with Gasteiger partial charge in [0.05, 0.1) is 6.04 Å². The predicted octanol–water partition coefficient (Wildman–Crippen LogP) is 0.320. The van der Waals surface area contributed by atoms with Crippen LogP contribution in [-0.2, 0) is 14.3 Å². The van der Waals surface area contributed by atoms with Crippen molar-refractivity contribution in [3.8, 4) is 0 Å². The third-order valence-corrected chi connectivity index (χ3v) is 1.54. The summed E-state index contributed by atoms with van der Waals surface area (Å²) in [6.45, 7) is 5.97. The second-order valence-corrected chi connectivity index (χ2v) is 2.98. The molecule has 12 heavy (non-hydrogen) atoms. The molecule has 0 radical (unpaired) electrons. The summed E-state index contributed by atoms with van der Waals surface area (Å²) in [6, 6.07) is -0.0901. The topological polar surface area (TPSA) is 55.4 Å². The zero-order valence-corrected chi connectivity index (χ0v) is 7.66. The minimum absolute atomic E-state index is 0.0901. The number of carbonyl (C=O) groups is 2. The quantitative estimate of drug-likeness (QED) is 0.609. The van der Waals surface area contributed by atoms with Crippen LogP contribution in [0.2, 0.25) is 0 Å². The molecule has 1 amide bonds. The van der Waals surface area contributed by atoms with Gasteiger partial charge in [0.1, 0.15) is 6.61 Å². The molecule has 4 nitrogen and oxygen atoms in total. The lowest BCUT2D eigenvalue weighted by Crippen LogP contribution is -2.40. The summed E-state index contributed by atoms with van der Waals surface area (Å²) in [5.41, 5.74) is 0. The molecule has 0 saturated heterocycles. The molecule has 1 atom stereocenters. The average molecular weight is 173 g/mol. The van der Waals surface area contributed by atoms with Crippen LogP contribution in [0, 0.1) is 5.92 Å². The largest absolute Gasteiger partial charge is 0.466 e. The van der Waals surface area contributed by atoms with Crippen LogP contribution in [0.15, 0.2) is 0 Å². The zero-order valence-electron chi connectivity index (χ0n) is 7.66. The smallest absolute Gasteiger partial charge is 0.293 e. The van der Waals surface area contributed by atoms with Crippen LogP contribution in [-0.4, -0.2) is 25.0 Å². The number of hydrogen-bond donors (Lipinski definition) is 1. The molecule has 0 heterocycles. The van der Waals surface area contributed by atoms with E-state index in [0.29, 0.717) is 6.47 Å². The lowest BCUT2D eigenvalue weighted by Gasteiger charge is -2.19. The molecule has 0 aromatic heterocycles. The standard InChI is InChI=1S/C8H15NO3/c1-6(2)8(4-12-5-10)9-7(3)11/h5-6,8H,4H2,1-3H3,(H,9,11). The summed E-state index contributed by atoms with van der Waals surface area (Å²) in [6.07, 6.45) is 0. The Morgan fingerprint density at radius 2 is 2.17 bits per heavy atom. The van der Waals surface area contributed by atoms with Crippen molar-refractivity contribution < 1.29 is 14.3 Å². The van der Waals surface area contributed by atoms with E-state index in [2.05, 4.69) is 10.1 Å². The maximum absolute atomic E-state index is 10.7. The Bertz CT molecular complexity index is 156. The van der Waals surface area contributed by atoms with Crippen LogP contribution in [0.1, 0.15) is 20.8 Å². The van der Waals surface area contributed by atoms with Gasteiger partial charge in [-0.2, -0.15) is 0 Å². The third-order valence-electron chi connectivity index (χ3n) is 1.54. The van der Waals surface area contributed by atoms with E-state index in [1.54, 1.807) is 0 Å². The molecule has 0 aromatic rings. The molecule has 4 heteroatoms. The molecule has 1 N–H and O–H groups in total. The lowest BCUT2D eigenvalue weighted by molar-refractivity contribution is -0.131. The van der Waals surface area contributed by atoms with Gasteiger partial charge in [0, 0.05) is 6.92 Å². The fourth-order valence-electron chi connectivity index (χ4n) is 0.805. The van der Waals surface area contributed by atoms with Crippen molar-refractivity contribution in [1.82, 2.24) is 5.32 Å². The maximum atomic E-state index is 10.7. The van der Waals surface area contributed by atoms with E-state index < -0.39 is 0 Å². The third kappa shape index (κ3) is 4.71. The highest BCUT2D eigenvalue weighted by Gasteiger charge is 2.14. The van der Waals surface area contributed by atoms with Gasteiger partial charge in [-0.25, -0.2) is 0 Å². The molecular weight excluding hydrogens is 158 g/mol. The summed E-state index contributed by atoms with van der Waals surface area (Å²) in [5, 5.41) is 2.69. The van der Waals surface area contributed by atoms with E-state index in [9.17, 15) is 9.59 Å². The maximum Gasteiger partial charge on any atom is 0.293 e. The van der Waals surface area contributed by atoms with Crippen molar-refractivity contribution >= 4 is 12.4 Å². The minimum atomic E-state index is -0.108. The first kappa shape index (κ1) is 10.9. The molecule has 0 spiro atoms. The number of rotatable bonds is 5. The summed E-state index contributed by atoms with van der Waals surface area (Å²) in [5.74, 6) is 0.150. The average Bonchev–Trinajstić information content (AvgIpc) is 1.96. The number of carbonyl (C=O) groups excluding carboxylic acids is 2. The summed E-state index contributed by atoms with van der Waals surface area (Å²) < 4.78 is 4.56. The first-order chi connectivity index (χ1) is 5.57. The highest BCUT2D eigenvalue weighted by atomic mass is 16.5. The van der Waals surface area contributed by atoms with Crippen LogP contribution in [0.25, 0.3) is 0 Å². The van der Waals surface area contributed by atoms with E-state index in [4.69, 9.17) is 0 Å². The molecule has 0 rings (SSSR count). The molecule has 0 aromatic carbocycles. The molecule has 0 aliphatic carbocycles. The fraction of sp³-hybridized carbons (Fsp3) is 0.750. The molecule has 1 unspecified atom stereocenters. The van der Waals surface area contributed by atoms with Crippen molar-refractivity contribution in [1.29, 1.82) is 0 Å². The van der Waals surface area contributed by atoms with E-state index in [1.807, 2.05) is 13.8 Å². The predicted molar refractivity (Wildman–Crippen MR) is 44.5 cm³/mol. The Balaban J connectivity index is 3.85. The van der Waals surface area contributed by atoms with Crippen LogP contribution < -0.4 is 5.32 Å². The number of nitrogens with one attached hydrogen (secondary N) is 1. The van der Waals surface area contributed by atoms with Crippen molar-refractivity contribution in [3.63, 3.8) is 0 Å². The molecule has 70 valence electrons. The van der Waals surface area contributed by atoms with Crippen molar-refractivity contribution in [3.05, 3.63) is 0 Å². The van der Waals surface area contributed by atoms with Crippen LogP contribution in [0.4, 0.5) is 0 Å². The van der Waals surface area contributed by atoms with E-state index >= 15 is 0 Å². The van der Waals surface area contributed by atoms with Gasteiger partial charge in [-0.05, 0) is 5.92 Å². The molecule has 0 bridgehead atoms. The van der Waals surface area contributed by atoms with E-state index in [-0.39, 0.29) is 24.5 Å². The summed E-state index contributed by atoms with van der Waals surface area (Å²) in [4.78, 5) is 20.5. The monoisotopic (exact) mass is 173 g/mol. The minimum Gasteiger partial charge on any atom is -0.466 e. The fourth-order valence-corrected chi connectivity index (χ4v) is 0.805. The molecule has 0 aliphatic rings. The summed E-state index contributed by atoms with van der Waals surface area (Å²) >= 11 is 0. The van der Waals surface area contributed by atoms with Gasteiger partial charge in [0.25, 0.3) is 6.47 Å². The van der Waals surface area contributed by atoms with Crippen molar-refractivity contribution in [2.45, 2.75) is 26.8 Å². The number of hydrogen-bond acceptors (Lipinski definition) is 3. The van der Waals surface area contributed by atoms with Crippen molar-refractivity contribution in [2.75, 3.05) is 6.61 Å². The van der Waals surface area contributed by atoms with E-state index in [1.165, 1.54) is 6.92 Å². The van der Waals surface area contributed by atoms with Gasteiger partial charge in [0.2, 0.25) is 5.91 Å². The Kier molecular flexibility index (Phi) is 5.08. The van der Waals surface area contributed by atoms with Crippen LogP contribution >= 0.6 is 0 Å². The van der Waals surface area contributed by atoms with Gasteiger partial charge in [-0.3, -0.25) is 9.59 Å². The number of amides is 1. The molecule has 0 saturated carbocycles. The van der Waals surface area contributed by atoms with Crippen LogP contribution in [0.5, 0.6) is 0 Å². The Morgan fingerprint density at radius 1 is 1.58 bits per heavy atom. The molecular formula is C8H15NO3. The van der Waals surface area contributed by atoms with Crippen molar-refractivity contribution in [2.24, 2.45) is 5.92 Å². The van der Waals surface area contributed by atoms with Gasteiger partial charge >= 0.3 is 0 Å². The van der Waals surface area contributed by atoms with Crippen LogP contribution in [0.3, 0.4) is 0 Å².